The molecule has 1 aromatic rings. The number of likely N-dealkylation sites (tertiary alicyclic amines) is 1. The third-order valence-corrected chi connectivity index (χ3v) is 4.93. The van der Waals surface area contributed by atoms with Crippen molar-refractivity contribution in [3.8, 4) is 0 Å². The number of amides is 4. The van der Waals surface area contributed by atoms with Gasteiger partial charge in [0, 0.05) is 24.0 Å². The maximum Gasteiger partial charge on any atom is 0.324 e. The molecule has 2 aliphatic rings. The van der Waals surface area contributed by atoms with Crippen molar-refractivity contribution in [2.45, 2.75) is 25.8 Å². The lowest BCUT2D eigenvalue weighted by molar-refractivity contribution is -0.127. The Balaban J connectivity index is 1.61. The van der Waals surface area contributed by atoms with Crippen molar-refractivity contribution in [3.05, 3.63) is 21.9 Å². The quantitative estimate of drug-likeness (QED) is 0.835. The smallest absolute Gasteiger partial charge is 0.324 e. The molecular formula is C14H17N3O3S. The van der Waals surface area contributed by atoms with Crippen LogP contribution in [0.2, 0.25) is 0 Å². The average molecular weight is 307 g/mol. The van der Waals surface area contributed by atoms with E-state index in [0.29, 0.717) is 25.9 Å². The van der Waals surface area contributed by atoms with Crippen molar-refractivity contribution in [1.82, 2.24) is 15.1 Å². The molecule has 4 amide bonds. The zero-order chi connectivity index (χ0) is 15.0. The molecule has 3 heterocycles. The number of nitrogens with zero attached hydrogens (tertiary/aromatic N) is 2. The van der Waals surface area contributed by atoms with E-state index < -0.39 is 0 Å². The Hall–Kier alpha value is -1.89. The van der Waals surface area contributed by atoms with E-state index in [0.717, 1.165) is 9.75 Å². The van der Waals surface area contributed by atoms with Gasteiger partial charge in [0.25, 0.3) is 5.91 Å². The fraction of sp³-hybridized carbons (Fsp3) is 0.500. The molecular weight excluding hydrogens is 290 g/mol. The molecule has 0 atom stereocenters. The van der Waals surface area contributed by atoms with E-state index in [-0.39, 0.29) is 30.4 Å². The van der Waals surface area contributed by atoms with Crippen molar-refractivity contribution < 1.29 is 14.4 Å². The summed E-state index contributed by atoms with van der Waals surface area (Å²) in [5, 5.41) is 2.54. The maximum absolute atomic E-state index is 12.3. The van der Waals surface area contributed by atoms with E-state index in [1.165, 1.54) is 16.2 Å². The van der Waals surface area contributed by atoms with Crippen LogP contribution in [0, 0.1) is 6.92 Å². The molecule has 7 heteroatoms. The van der Waals surface area contributed by atoms with Crippen LogP contribution < -0.4 is 5.32 Å². The summed E-state index contributed by atoms with van der Waals surface area (Å²) in [6.45, 7) is 3.23. The van der Waals surface area contributed by atoms with Gasteiger partial charge in [-0.2, -0.15) is 0 Å². The molecule has 0 spiro atoms. The first kappa shape index (κ1) is 14.1. The lowest BCUT2D eigenvalue weighted by atomic mass is 10.0. The number of thiophene rings is 1. The number of aryl methyl sites for hydroxylation is 1. The van der Waals surface area contributed by atoms with Gasteiger partial charge in [0.05, 0.1) is 11.4 Å². The van der Waals surface area contributed by atoms with Crippen molar-refractivity contribution in [2.75, 3.05) is 19.6 Å². The Morgan fingerprint density at radius 2 is 2.00 bits per heavy atom. The van der Waals surface area contributed by atoms with Crippen LogP contribution in [0.3, 0.4) is 0 Å². The Labute approximate surface area is 126 Å². The number of carbonyl (C=O) groups excluding carboxylic acids is 3. The van der Waals surface area contributed by atoms with E-state index in [1.54, 1.807) is 4.90 Å². The Kier molecular flexibility index (Phi) is 3.67. The Morgan fingerprint density at radius 3 is 2.52 bits per heavy atom. The minimum absolute atomic E-state index is 0.0451. The number of urea groups is 1. The molecule has 2 fully saturated rings. The second-order valence-corrected chi connectivity index (χ2v) is 6.64. The van der Waals surface area contributed by atoms with Gasteiger partial charge in [-0.25, -0.2) is 4.79 Å². The van der Waals surface area contributed by atoms with Crippen LogP contribution in [-0.2, 0) is 4.79 Å². The monoisotopic (exact) mass is 307 g/mol. The minimum Gasteiger partial charge on any atom is -0.338 e. The number of rotatable bonds is 2. The van der Waals surface area contributed by atoms with Crippen LogP contribution in [-0.4, -0.2) is 53.3 Å². The van der Waals surface area contributed by atoms with Crippen LogP contribution in [0.1, 0.15) is 27.4 Å². The lowest BCUT2D eigenvalue weighted by Gasteiger charge is -2.35. The largest absolute Gasteiger partial charge is 0.338 e. The van der Waals surface area contributed by atoms with Crippen molar-refractivity contribution in [2.24, 2.45) is 0 Å². The van der Waals surface area contributed by atoms with E-state index in [4.69, 9.17) is 0 Å². The normalized spacial score (nSPS) is 20.0. The number of nitrogens with one attached hydrogen (secondary N) is 1. The van der Waals surface area contributed by atoms with Gasteiger partial charge in [-0.05, 0) is 31.9 Å². The van der Waals surface area contributed by atoms with E-state index in [1.807, 2.05) is 19.1 Å². The summed E-state index contributed by atoms with van der Waals surface area (Å²) >= 11 is 1.50. The summed E-state index contributed by atoms with van der Waals surface area (Å²) < 4.78 is 0. The number of hydrogen-bond donors (Lipinski definition) is 1. The molecule has 0 radical (unpaired) electrons. The first-order valence-electron chi connectivity index (χ1n) is 7.02. The van der Waals surface area contributed by atoms with Gasteiger partial charge >= 0.3 is 6.03 Å². The fourth-order valence-electron chi connectivity index (χ4n) is 2.84. The van der Waals surface area contributed by atoms with Crippen molar-refractivity contribution in [1.29, 1.82) is 0 Å². The third-order valence-electron chi connectivity index (χ3n) is 3.95. The van der Waals surface area contributed by atoms with Gasteiger partial charge in [-0.3, -0.25) is 14.5 Å². The van der Waals surface area contributed by atoms with Crippen molar-refractivity contribution in [3.63, 3.8) is 0 Å². The highest BCUT2D eigenvalue weighted by Gasteiger charge is 2.37. The molecule has 21 heavy (non-hydrogen) atoms. The topological polar surface area (TPSA) is 69.7 Å². The summed E-state index contributed by atoms with van der Waals surface area (Å²) in [6.07, 6.45) is 1.30. The van der Waals surface area contributed by atoms with Gasteiger partial charge in [-0.15, -0.1) is 11.3 Å². The highest BCUT2D eigenvalue weighted by molar-refractivity contribution is 7.13. The van der Waals surface area contributed by atoms with Crippen LogP contribution in [0.25, 0.3) is 0 Å². The molecule has 6 nitrogen and oxygen atoms in total. The van der Waals surface area contributed by atoms with Gasteiger partial charge < -0.3 is 10.2 Å². The molecule has 0 unspecified atom stereocenters. The van der Waals surface area contributed by atoms with Crippen LogP contribution >= 0.6 is 11.3 Å². The number of carbonyl (C=O) groups is 3. The van der Waals surface area contributed by atoms with E-state index >= 15 is 0 Å². The summed E-state index contributed by atoms with van der Waals surface area (Å²) in [4.78, 5) is 40.7. The predicted octanol–water partition coefficient (Wildman–Crippen LogP) is 1.21. The first-order valence-corrected chi connectivity index (χ1v) is 7.83. The summed E-state index contributed by atoms with van der Waals surface area (Å²) in [5.74, 6) is -0.123. The summed E-state index contributed by atoms with van der Waals surface area (Å²) in [7, 11) is 0. The minimum atomic E-state index is -0.307. The van der Waals surface area contributed by atoms with Crippen LogP contribution in [0.4, 0.5) is 4.79 Å². The average Bonchev–Trinajstić information content (AvgIpc) is 3.05. The zero-order valence-corrected chi connectivity index (χ0v) is 12.6. The van der Waals surface area contributed by atoms with E-state index in [2.05, 4.69) is 5.32 Å². The van der Waals surface area contributed by atoms with E-state index in [9.17, 15) is 14.4 Å². The molecule has 0 saturated carbocycles. The second-order valence-electron chi connectivity index (χ2n) is 5.36. The van der Waals surface area contributed by atoms with Crippen molar-refractivity contribution >= 4 is 29.2 Å². The number of hydrogen-bond acceptors (Lipinski definition) is 4. The predicted molar refractivity (Wildman–Crippen MR) is 78.2 cm³/mol. The standard InChI is InChI=1S/C14H17N3O3S/c1-9-2-3-11(21-9)13(19)16-6-4-10(5-7-16)17-12(18)8-15-14(17)20/h2-3,10H,4-8H2,1H3,(H,15,20). The molecule has 2 saturated heterocycles. The van der Waals surface area contributed by atoms with Crippen LogP contribution in [0.15, 0.2) is 12.1 Å². The molecule has 1 aromatic heterocycles. The molecule has 112 valence electrons. The third kappa shape index (κ3) is 2.65. The first-order chi connectivity index (χ1) is 10.1. The molecule has 1 N–H and O–H groups in total. The van der Waals surface area contributed by atoms with Gasteiger partial charge in [0.2, 0.25) is 5.91 Å². The fourth-order valence-corrected chi connectivity index (χ4v) is 3.67. The highest BCUT2D eigenvalue weighted by Crippen LogP contribution is 2.23. The summed E-state index contributed by atoms with van der Waals surface area (Å²) in [6, 6.07) is 3.40. The summed E-state index contributed by atoms with van der Waals surface area (Å²) in [5.41, 5.74) is 0. The molecule has 0 bridgehead atoms. The SMILES string of the molecule is Cc1ccc(C(=O)N2CCC(N3C(=O)CNC3=O)CC2)s1. The van der Waals surface area contributed by atoms with Gasteiger partial charge in [0.15, 0.2) is 0 Å². The highest BCUT2D eigenvalue weighted by atomic mass is 32.1. The maximum atomic E-state index is 12.3. The van der Waals surface area contributed by atoms with Gasteiger partial charge in [0.1, 0.15) is 0 Å². The Bertz CT molecular complexity index is 574. The number of piperidine rings is 1. The molecule has 3 rings (SSSR count). The van der Waals surface area contributed by atoms with Gasteiger partial charge in [-0.1, -0.05) is 0 Å². The molecule has 0 aliphatic carbocycles. The Morgan fingerprint density at radius 1 is 1.29 bits per heavy atom. The molecule has 2 aliphatic heterocycles. The van der Waals surface area contributed by atoms with Crippen LogP contribution in [0.5, 0.6) is 0 Å². The zero-order valence-electron chi connectivity index (χ0n) is 11.8. The second kappa shape index (κ2) is 5.48. The lowest BCUT2D eigenvalue weighted by Crippen LogP contribution is -2.48. The number of imide groups is 1. The molecule has 0 aromatic carbocycles.